The Labute approximate surface area is 252 Å². The number of carbonyl (C=O) groups excluding carboxylic acids is 1. The van der Waals surface area contributed by atoms with E-state index in [0.29, 0.717) is 35.7 Å². The maximum Gasteiger partial charge on any atom is 0.410 e. The van der Waals surface area contributed by atoms with Gasteiger partial charge in [0, 0.05) is 36.0 Å². The summed E-state index contributed by atoms with van der Waals surface area (Å²) in [4.78, 5) is 22.6. The minimum Gasteiger partial charge on any atom is -0.497 e. The molecule has 0 radical (unpaired) electrons. The first-order valence-corrected chi connectivity index (χ1v) is 15.4. The van der Waals surface area contributed by atoms with E-state index in [0.717, 1.165) is 16.4 Å². The summed E-state index contributed by atoms with van der Waals surface area (Å²) in [5.41, 5.74) is 1.83. The van der Waals surface area contributed by atoms with Crippen molar-refractivity contribution in [3.8, 4) is 17.2 Å². The molecule has 2 aromatic carbocycles. The number of anilines is 1. The number of nitrogens with zero attached hydrogens (tertiary/aromatic N) is 4. The zero-order chi connectivity index (χ0) is 30.7. The maximum absolute atomic E-state index is 15.4. The molecule has 0 unspecified atom stereocenters. The number of ether oxygens (including phenoxy) is 3. The summed E-state index contributed by atoms with van der Waals surface area (Å²) in [5.74, 6) is -0.295. The molecule has 1 aliphatic heterocycles. The number of hydrogen-bond donors (Lipinski definition) is 0. The van der Waals surface area contributed by atoms with Crippen LogP contribution in [-0.4, -0.2) is 63.0 Å². The number of oxime groups is 1. The summed E-state index contributed by atoms with van der Waals surface area (Å²) in [7, 11) is -1.57. The van der Waals surface area contributed by atoms with Crippen molar-refractivity contribution >= 4 is 50.6 Å². The molecule has 226 valence electrons. The van der Waals surface area contributed by atoms with Crippen LogP contribution in [0.2, 0.25) is 5.02 Å². The van der Waals surface area contributed by atoms with E-state index in [9.17, 15) is 13.2 Å². The molecule has 1 amide bonds. The Hall–Kier alpha value is -3.62. The molecule has 0 saturated carbocycles. The van der Waals surface area contributed by atoms with E-state index in [1.165, 1.54) is 41.3 Å². The SMILES string of the molecule is COc1ccc(CN(c2cscn2)S(=O)(=O)c2cc(Cl)c(O/N=C3/CCN(C(=O)OC(C)(C)C)C3)cc2F)c(OC)c1. The lowest BCUT2D eigenvalue weighted by Gasteiger charge is -2.24. The zero-order valence-corrected chi connectivity index (χ0v) is 26.0. The van der Waals surface area contributed by atoms with Crippen molar-refractivity contribution in [3.63, 3.8) is 0 Å². The van der Waals surface area contributed by atoms with Crippen molar-refractivity contribution in [2.24, 2.45) is 5.16 Å². The Morgan fingerprint density at radius 2 is 1.95 bits per heavy atom. The molecule has 4 rings (SSSR count). The van der Waals surface area contributed by atoms with Crippen LogP contribution >= 0.6 is 22.9 Å². The highest BCUT2D eigenvalue weighted by molar-refractivity contribution is 7.92. The van der Waals surface area contributed by atoms with Crippen molar-refractivity contribution in [2.75, 3.05) is 31.6 Å². The molecule has 0 atom stereocenters. The van der Waals surface area contributed by atoms with E-state index in [2.05, 4.69) is 10.1 Å². The van der Waals surface area contributed by atoms with Gasteiger partial charge in [-0.15, -0.1) is 11.3 Å². The van der Waals surface area contributed by atoms with Crippen LogP contribution in [0.4, 0.5) is 15.0 Å². The first kappa shape index (κ1) is 31.3. The standard InChI is InChI=1S/C27H30ClFN4O7S2/c1-27(2,3)39-26(34)32-9-8-18(14-32)31-40-23-12-21(29)24(11-20(23)28)42(35,36)33(25-15-41-16-30-25)13-17-6-7-19(37-4)10-22(17)38-5/h6-7,10-12,15-16H,8-9,13-14H2,1-5H3/b31-18-. The molecule has 3 aromatic rings. The summed E-state index contributed by atoms with van der Waals surface area (Å²) in [6.45, 7) is 5.64. The number of aromatic nitrogens is 1. The third-order valence-corrected chi connectivity index (χ3v) is 8.64. The average Bonchev–Trinajstić information content (AvgIpc) is 3.63. The molecule has 0 N–H and O–H groups in total. The number of benzene rings is 2. The highest BCUT2D eigenvalue weighted by atomic mass is 35.5. The molecular weight excluding hydrogens is 611 g/mol. The van der Waals surface area contributed by atoms with Gasteiger partial charge in [0.1, 0.15) is 27.8 Å². The Morgan fingerprint density at radius 1 is 1.19 bits per heavy atom. The Kier molecular flexibility index (Phi) is 9.48. The van der Waals surface area contributed by atoms with Crippen LogP contribution < -0.4 is 18.6 Å². The third-order valence-electron chi connectivity index (χ3n) is 6.01. The molecular formula is C27H30ClFN4O7S2. The topological polar surface area (TPSA) is 120 Å². The second-order valence-electron chi connectivity index (χ2n) is 10.1. The largest absolute Gasteiger partial charge is 0.497 e. The van der Waals surface area contributed by atoms with Gasteiger partial charge in [-0.05, 0) is 39.0 Å². The predicted molar refractivity (Wildman–Crippen MR) is 157 cm³/mol. The van der Waals surface area contributed by atoms with Gasteiger partial charge in [0.05, 0.1) is 43.6 Å². The van der Waals surface area contributed by atoms with Gasteiger partial charge in [-0.2, -0.15) is 0 Å². The third kappa shape index (κ3) is 7.23. The first-order chi connectivity index (χ1) is 19.8. The molecule has 15 heteroatoms. The van der Waals surface area contributed by atoms with Crippen LogP contribution in [0, 0.1) is 5.82 Å². The Morgan fingerprint density at radius 3 is 2.60 bits per heavy atom. The molecule has 0 spiro atoms. The van der Waals surface area contributed by atoms with Crippen molar-refractivity contribution in [2.45, 2.75) is 44.2 Å². The first-order valence-electron chi connectivity index (χ1n) is 12.6. The lowest BCUT2D eigenvalue weighted by atomic mass is 10.2. The highest BCUT2D eigenvalue weighted by Gasteiger charge is 2.32. The van der Waals surface area contributed by atoms with Crippen molar-refractivity contribution in [1.29, 1.82) is 0 Å². The predicted octanol–water partition coefficient (Wildman–Crippen LogP) is 5.72. The number of halogens is 2. The lowest BCUT2D eigenvalue weighted by Crippen LogP contribution is -2.35. The van der Waals surface area contributed by atoms with E-state index in [1.54, 1.807) is 39.0 Å². The zero-order valence-electron chi connectivity index (χ0n) is 23.6. The van der Waals surface area contributed by atoms with Crippen LogP contribution in [0.25, 0.3) is 0 Å². The number of rotatable bonds is 9. The maximum atomic E-state index is 15.4. The van der Waals surface area contributed by atoms with Crippen LogP contribution in [0.15, 0.2) is 51.3 Å². The minimum absolute atomic E-state index is 0.0934. The fraction of sp³-hybridized carbons (Fsp3) is 0.370. The fourth-order valence-corrected chi connectivity index (χ4v) is 6.30. The number of likely N-dealkylation sites (tertiary alicyclic amines) is 1. The van der Waals surface area contributed by atoms with Gasteiger partial charge in [-0.1, -0.05) is 16.8 Å². The van der Waals surface area contributed by atoms with Gasteiger partial charge < -0.3 is 23.9 Å². The van der Waals surface area contributed by atoms with Gasteiger partial charge in [0.15, 0.2) is 11.6 Å². The summed E-state index contributed by atoms with van der Waals surface area (Å²) in [6, 6.07) is 6.75. The van der Waals surface area contributed by atoms with Crippen LogP contribution in [0.5, 0.6) is 17.2 Å². The summed E-state index contributed by atoms with van der Waals surface area (Å²) < 4.78 is 60.0. The molecule has 1 aliphatic rings. The molecule has 0 bridgehead atoms. The highest BCUT2D eigenvalue weighted by Crippen LogP contribution is 2.35. The quantitative estimate of drug-likeness (QED) is 0.272. The Bertz CT molecular complexity index is 1580. The van der Waals surface area contributed by atoms with Gasteiger partial charge in [-0.3, -0.25) is 0 Å². The monoisotopic (exact) mass is 640 g/mol. The van der Waals surface area contributed by atoms with Crippen LogP contribution in [0.3, 0.4) is 0 Å². The van der Waals surface area contributed by atoms with E-state index < -0.39 is 32.4 Å². The van der Waals surface area contributed by atoms with Crippen LogP contribution in [-0.2, 0) is 21.3 Å². The molecule has 1 fully saturated rings. The molecule has 0 aliphatic carbocycles. The lowest BCUT2D eigenvalue weighted by molar-refractivity contribution is 0.0302. The van der Waals surface area contributed by atoms with Gasteiger partial charge in [0.25, 0.3) is 10.0 Å². The number of methoxy groups -OCH3 is 2. The van der Waals surface area contributed by atoms with E-state index in [4.69, 9.17) is 30.6 Å². The van der Waals surface area contributed by atoms with Gasteiger partial charge in [-0.25, -0.2) is 26.9 Å². The molecule has 42 heavy (non-hydrogen) atoms. The number of thiazole rings is 1. The summed E-state index contributed by atoms with van der Waals surface area (Å²) >= 11 is 7.52. The molecule has 2 heterocycles. The molecule has 1 saturated heterocycles. The smallest absolute Gasteiger partial charge is 0.410 e. The summed E-state index contributed by atoms with van der Waals surface area (Å²) in [6.07, 6.45) is -0.0632. The fourth-order valence-electron chi connectivity index (χ4n) is 3.97. The van der Waals surface area contributed by atoms with E-state index >= 15 is 4.39 Å². The Balaban J connectivity index is 1.58. The van der Waals surface area contributed by atoms with Crippen molar-refractivity contribution < 1.29 is 36.7 Å². The second-order valence-corrected chi connectivity index (χ2v) is 13.1. The van der Waals surface area contributed by atoms with Gasteiger partial charge in [0.2, 0.25) is 0 Å². The number of sulfonamides is 1. The minimum atomic E-state index is -4.51. The molecule has 11 nitrogen and oxygen atoms in total. The second kappa shape index (κ2) is 12.7. The van der Waals surface area contributed by atoms with Crippen molar-refractivity contribution in [1.82, 2.24) is 9.88 Å². The normalized spacial score (nSPS) is 14.6. The average molecular weight is 641 g/mol. The van der Waals surface area contributed by atoms with Crippen molar-refractivity contribution in [3.05, 3.63) is 57.6 Å². The summed E-state index contributed by atoms with van der Waals surface area (Å²) in [5, 5.41) is 5.36. The number of amides is 1. The number of carbonyl (C=O) groups is 1. The van der Waals surface area contributed by atoms with E-state index in [-0.39, 0.29) is 29.7 Å². The molecule has 1 aromatic heterocycles. The van der Waals surface area contributed by atoms with Gasteiger partial charge >= 0.3 is 6.09 Å². The number of hydrogen-bond acceptors (Lipinski definition) is 10. The van der Waals surface area contributed by atoms with Crippen LogP contribution in [0.1, 0.15) is 32.8 Å². The van der Waals surface area contributed by atoms with E-state index in [1.807, 2.05) is 0 Å².